The van der Waals surface area contributed by atoms with Crippen LogP contribution in [0.4, 0.5) is 5.82 Å². The minimum atomic E-state index is -0.178. The SMILES string of the molecule is Cn1cc(C#N)c(NC(=O)c2cc3c(s2)CCCCC3)n1. The molecular weight excluding hydrogens is 284 g/mol. The van der Waals surface area contributed by atoms with E-state index in [1.54, 1.807) is 24.6 Å². The number of carbonyl (C=O) groups excluding carboxylic acids is 1. The van der Waals surface area contributed by atoms with Crippen molar-refractivity contribution in [3.63, 3.8) is 0 Å². The minimum Gasteiger partial charge on any atom is -0.303 e. The Morgan fingerprint density at radius 3 is 3.05 bits per heavy atom. The molecule has 0 saturated heterocycles. The van der Waals surface area contributed by atoms with Gasteiger partial charge in [-0.05, 0) is 37.3 Å². The number of nitrogens with zero attached hydrogens (tertiary/aromatic N) is 3. The summed E-state index contributed by atoms with van der Waals surface area (Å²) in [4.78, 5) is 14.4. The van der Waals surface area contributed by atoms with Gasteiger partial charge in [-0.2, -0.15) is 10.4 Å². The molecule has 1 aliphatic rings. The number of nitriles is 1. The highest BCUT2D eigenvalue weighted by Crippen LogP contribution is 2.29. The zero-order valence-corrected chi connectivity index (χ0v) is 12.7. The van der Waals surface area contributed by atoms with Crippen LogP contribution in [0.25, 0.3) is 0 Å². The van der Waals surface area contributed by atoms with Crippen molar-refractivity contribution in [2.24, 2.45) is 7.05 Å². The monoisotopic (exact) mass is 300 g/mol. The van der Waals surface area contributed by atoms with Crippen LogP contribution in [0.5, 0.6) is 0 Å². The van der Waals surface area contributed by atoms with E-state index in [2.05, 4.69) is 10.4 Å². The maximum Gasteiger partial charge on any atom is 0.266 e. The number of nitrogens with one attached hydrogen (secondary N) is 1. The van der Waals surface area contributed by atoms with Gasteiger partial charge in [-0.3, -0.25) is 9.48 Å². The number of aryl methyl sites for hydroxylation is 3. The molecule has 0 aromatic carbocycles. The molecule has 0 spiro atoms. The van der Waals surface area contributed by atoms with Crippen molar-refractivity contribution in [3.05, 3.63) is 33.1 Å². The normalized spacial score (nSPS) is 14.1. The van der Waals surface area contributed by atoms with Gasteiger partial charge in [0, 0.05) is 18.1 Å². The lowest BCUT2D eigenvalue weighted by molar-refractivity contribution is 0.103. The molecule has 0 aliphatic heterocycles. The fourth-order valence-electron chi connectivity index (χ4n) is 2.61. The molecule has 21 heavy (non-hydrogen) atoms. The molecule has 0 fully saturated rings. The Hall–Kier alpha value is -2.13. The second kappa shape index (κ2) is 5.70. The van der Waals surface area contributed by atoms with Crippen LogP contribution >= 0.6 is 11.3 Å². The van der Waals surface area contributed by atoms with Crippen molar-refractivity contribution in [1.82, 2.24) is 9.78 Å². The number of aromatic nitrogens is 2. The van der Waals surface area contributed by atoms with E-state index < -0.39 is 0 Å². The number of thiophene rings is 1. The Balaban J connectivity index is 1.81. The molecule has 2 heterocycles. The van der Waals surface area contributed by atoms with Gasteiger partial charge < -0.3 is 5.32 Å². The third-order valence-electron chi connectivity index (χ3n) is 3.65. The van der Waals surface area contributed by atoms with Gasteiger partial charge >= 0.3 is 0 Å². The summed E-state index contributed by atoms with van der Waals surface area (Å²) in [5.74, 6) is 0.150. The fraction of sp³-hybridized carbons (Fsp3) is 0.400. The van der Waals surface area contributed by atoms with E-state index in [1.165, 1.54) is 34.4 Å². The van der Waals surface area contributed by atoms with E-state index in [4.69, 9.17) is 5.26 Å². The quantitative estimate of drug-likeness (QED) is 0.867. The van der Waals surface area contributed by atoms with Crippen LogP contribution in [0.1, 0.15) is 44.9 Å². The lowest BCUT2D eigenvalue weighted by Gasteiger charge is -1.99. The molecule has 1 N–H and O–H groups in total. The van der Waals surface area contributed by atoms with Gasteiger partial charge in [-0.1, -0.05) is 6.42 Å². The predicted molar refractivity (Wildman–Crippen MR) is 81.5 cm³/mol. The second-order valence-electron chi connectivity index (χ2n) is 5.25. The first-order chi connectivity index (χ1) is 10.2. The van der Waals surface area contributed by atoms with E-state index in [-0.39, 0.29) is 5.91 Å². The molecule has 3 rings (SSSR count). The van der Waals surface area contributed by atoms with Crippen LogP contribution in [0.3, 0.4) is 0 Å². The molecule has 2 aromatic heterocycles. The Morgan fingerprint density at radius 2 is 2.24 bits per heavy atom. The Bertz CT molecular complexity index is 699. The van der Waals surface area contributed by atoms with E-state index in [0.29, 0.717) is 16.3 Å². The number of hydrogen-bond acceptors (Lipinski definition) is 4. The minimum absolute atomic E-state index is 0.178. The average Bonchev–Trinajstić information content (AvgIpc) is 2.96. The molecule has 0 atom stereocenters. The molecular formula is C15H16N4OS. The number of fused-ring (bicyclic) bond motifs is 1. The highest BCUT2D eigenvalue weighted by atomic mass is 32.1. The second-order valence-corrected chi connectivity index (χ2v) is 6.39. The van der Waals surface area contributed by atoms with Crippen LogP contribution in [0, 0.1) is 11.3 Å². The smallest absolute Gasteiger partial charge is 0.266 e. The molecule has 0 radical (unpaired) electrons. The van der Waals surface area contributed by atoms with Crippen LogP contribution < -0.4 is 5.32 Å². The van der Waals surface area contributed by atoms with E-state index >= 15 is 0 Å². The highest BCUT2D eigenvalue weighted by Gasteiger charge is 2.18. The van der Waals surface area contributed by atoms with Crippen molar-refractivity contribution in [2.75, 3.05) is 5.32 Å². The molecule has 5 nitrogen and oxygen atoms in total. The van der Waals surface area contributed by atoms with Crippen molar-refractivity contribution in [3.8, 4) is 6.07 Å². The summed E-state index contributed by atoms with van der Waals surface area (Å²) in [6.45, 7) is 0. The standard InChI is InChI=1S/C15H16N4OS/c1-19-9-11(8-16)14(18-19)17-15(20)13-7-10-5-3-2-4-6-12(10)21-13/h7,9H,2-6H2,1H3,(H,17,18,20). The van der Waals surface area contributed by atoms with Gasteiger partial charge in [0.15, 0.2) is 5.82 Å². The molecule has 6 heteroatoms. The van der Waals surface area contributed by atoms with E-state index in [9.17, 15) is 4.79 Å². The number of carbonyl (C=O) groups is 1. The molecule has 0 unspecified atom stereocenters. The first kappa shape index (κ1) is 13.8. The number of anilines is 1. The fourth-order valence-corrected chi connectivity index (χ4v) is 3.76. The number of hydrogen-bond donors (Lipinski definition) is 1. The topological polar surface area (TPSA) is 70.7 Å². The third kappa shape index (κ3) is 2.83. The zero-order chi connectivity index (χ0) is 14.8. The summed E-state index contributed by atoms with van der Waals surface area (Å²) >= 11 is 1.57. The Labute approximate surface area is 127 Å². The summed E-state index contributed by atoms with van der Waals surface area (Å²) in [5, 5.41) is 15.9. The molecule has 0 saturated carbocycles. The lowest BCUT2D eigenvalue weighted by atomic mass is 10.1. The molecule has 1 amide bonds. The molecule has 2 aromatic rings. The third-order valence-corrected chi connectivity index (χ3v) is 4.89. The lowest BCUT2D eigenvalue weighted by Crippen LogP contribution is -2.11. The van der Waals surface area contributed by atoms with E-state index in [1.807, 2.05) is 12.1 Å². The summed E-state index contributed by atoms with van der Waals surface area (Å²) in [6.07, 6.45) is 7.39. The highest BCUT2D eigenvalue weighted by molar-refractivity contribution is 7.14. The molecule has 1 aliphatic carbocycles. The molecule has 108 valence electrons. The summed E-state index contributed by atoms with van der Waals surface area (Å²) in [6, 6.07) is 4.03. The maximum atomic E-state index is 12.3. The van der Waals surface area contributed by atoms with Crippen molar-refractivity contribution < 1.29 is 4.79 Å². The summed E-state index contributed by atoms with van der Waals surface area (Å²) in [5.41, 5.74) is 1.69. The molecule has 0 bridgehead atoms. The summed E-state index contributed by atoms with van der Waals surface area (Å²) in [7, 11) is 1.73. The Morgan fingerprint density at radius 1 is 1.43 bits per heavy atom. The average molecular weight is 300 g/mol. The van der Waals surface area contributed by atoms with Crippen molar-refractivity contribution in [1.29, 1.82) is 5.26 Å². The summed E-state index contributed by atoms with van der Waals surface area (Å²) < 4.78 is 1.53. The van der Waals surface area contributed by atoms with Gasteiger partial charge in [0.25, 0.3) is 5.91 Å². The largest absolute Gasteiger partial charge is 0.303 e. The predicted octanol–water partition coefficient (Wildman–Crippen LogP) is 2.87. The maximum absolute atomic E-state index is 12.3. The van der Waals surface area contributed by atoms with Gasteiger partial charge in [-0.15, -0.1) is 11.3 Å². The van der Waals surface area contributed by atoms with E-state index in [0.717, 1.165) is 12.8 Å². The van der Waals surface area contributed by atoms with Gasteiger partial charge in [0.1, 0.15) is 11.6 Å². The van der Waals surface area contributed by atoms with Gasteiger partial charge in [-0.25, -0.2) is 0 Å². The zero-order valence-electron chi connectivity index (χ0n) is 11.8. The van der Waals surface area contributed by atoms with Crippen LogP contribution in [0.2, 0.25) is 0 Å². The van der Waals surface area contributed by atoms with Crippen LogP contribution in [0.15, 0.2) is 12.3 Å². The van der Waals surface area contributed by atoms with Crippen LogP contribution in [-0.4, -0.2) is 15.7 Å². The van der Waals surface area contributed by atoms with Crippen molar-refractivity contribution in [2.45, 2.75) is 32.1 Å². The van der Waals surface area contributed by atoms with Gasteiger partial charge in [0.2, 0.25) is 0 Å². The van der Waals surface area contributed by atoms with Crippen molar-refractivity contribution >= 4 is 23.1 Å². The van der Waals surface area contributed by atoms with Crippen LogP contribution in [-0.2, 0) is 19.9 Å². The first-order valence-electron chi connectivity index (χ1n) is 7.04. The number of amides is 1. The van der Waals surface area contributed by atoms with Gasteiger partial charge in [0.05, 0.1) is 4.88 Å². The number of rotatable bonds is 2. The Kier molecular flexibility index (Phi) is 3.76. The first-order valence-corrected chi connectivity index (χ1v) is 7.85.